The molecule has 1 aromatic heterocycles. The van der Waals surface area contributed by atoms with Gasteiger partial charge in [0.1, 0.15) is 12.4 Å². The molecule has 0 aromatic carbocycles. The molecule has 1 aromatic rings. The van der Waals surface area contributed by atoms with Gasteiger partial charge in [-0.15, -0.1) is 0 Å². The van der Waals surface area contributed by atoms with Crippen LogP contribution in [0.15, 0.2) is 6.07 Å². The van der Waals surface area contributed by atoms with Gasteiger partial charge in [-0.2, -0.15) is 13.8 Å². The maximum absolute atomic E-state index is 12.7. The van der Waals surface area contributed by atoms with E-state index >= 15 is 0 Å². The Bertz CT molecular complexity index is 419. The number of nitrogen functional groups attached to an aromatic ring is 1. The SMILES string of the molecule is COCc1nc(NN)cc(OCC(F)(F)C(F)F)n1. The summed E-state index contributed by atoms with van der Waals surface area (Å²) in [5, 5.41) is 0. The van der Waals surface area contributed by atoms with Gasteiger partial charge < -0.3 is 14.9 Å². The van der Waals surface area contributed by atoms with Crippen LogP contribution in [0.25, 0.3) is 0 Å². The van der Waals surface area contributed by atoms with E-state index in [1.165, 1.54) is 7.11 Å². The van der Waals surface area contributed by atoms with E-state index in [-0.39, 0.29) is 24.1 Å². The summed E-state index contributed by atoms with van der Waals surface area (Å²) in [6.45, 7) is -1.52. The van der Waals surface area contributed by atoms with E-state index < -0.39 is 19.0 Å². The lowest BCUT2D eigenvalue weighted by Gasteiger charge is -2.16. The van der Waals surface area contributed by atoms with Crippen molar-refractivity contribution in [1.29, 1.82) is 0 Å². The third-order valence-electron chi connectivity index (χ3n) is 1.90. The van der Waals surface area contributed by atoms with Gasteiger partial charge >= 0.3 is 12.3 Å². The van der Waals surface area contributed by atoms with E-state index in [4.69, 9.17) is 10.6 Å². The zero-order valence-corrected chi connectivity index (χ0v) is 9.87. The number of aromatic nitrogens is 2. The molecule has 0 aliphatic rings. The second kappa shape index (κ2) is 6.48. The lowest BCUT2D eigenvalue weighted by Crippen LogP contribution is -2.34. The molecule has 1 rings (SSSR count). The fourth-order valence-corrected chi connectivity index (χ4v) is 1.05. The minimum atomic E-state index is -4.26. The molecule has 0 aliphatic heterocycles. The van der Waals surface area contributed by atoms with Crippen LogP contribution in [0.2, 0.25) is 0 Å². The highest BCUT2D eigenvalue weighted by Gasteiger charge is 2.41. The van der Waals surface area contributed by atoms with Crippen molar-refractivity contribution in [2.24, 2.45) is 5.84 Å². The molecule has 0 atom stereocenters. The highest BCUT2D eigenvalue weighted by Crippen LogP contribution is 2.24. The molecule has 1 heterocycles. The van der Waals surface area contributed by atoms with Crippen LogP contribution < -0.4 is 16.0 Å². The molecule has 0 amide bonds. The van der Waals surface area contributed by atoms with Gasteiger partial charge in [0.05, 0.1) is 0 Å². The molecule has 0 aliphatic carbocycles. The molecule has 0 saturated carbocycles. The Labute approximate surface area is 105 Å². The van der Waals surface area contributed by atoms with Crippen molar-refractivity contribution in [2.75, 3.05) is 19.1 Å². The van der Waals surface area contributed by atoms with Crippen molar-refractivity contribution in [3.63, 3.8) is 0 Å². The van der Waals surface area contributed by atoms with E-state index in [9.17, 15) is 17.6 Å². The first-order chi connectivity index (χ1) is 8.89. The number of hydrazine groups is 1. The zero-order chi connectivity index (χ0) is 14.5. The number of nitrogens with two attached hydrogens (primary N) is 1. The first-order valence-electron chi connectivity index (χ1n) is 5.01. The highest BCUT2D eigenvalue weighted by molar-refractivity contribution is 5.36. The van der Waals surface area contributed by atoms with Crippen molar-refractivity contribution in [3.05, 3.63) is 11.9 Å². The van der Waals surface area contributed by atoms with Crippen molar-refractivity contribution in [3.8, 4) is 5.88 Å². The number of methoxy groups -OCH3 is 1. The number of rotatable bonds is 7. The molecule has 0 fully saturated rings. The Balaban J connectivity index is 2.80. The highest BCUT2D eigenvalue weighted by atomic mass is 19.3. The molecule has 0 radical (unpaired) electrons. The first-order valence-corrected chi connectivity index (χ1v) is 5.01. The molecule has 6 nitrogen and oxygen atoms in total. The quantitative estimate of drug-likeness (QED) is 0.444. The molecule has 19 heavy (non-hydrogen) atoms. The lowest BCUT2D eigenvalue weighted by atomic mass is 10.4. The van der Waals surface area contributed by atoms with Gasteiger partial charge in [0, 0.05) is 13.2 Å². The van der Waals surface area contributed by atoms with Gasteiger partial charge in [-0.25, -0.2) is 19.6 Å². The standard InChI is InChI=1S/C9H12F4N4O2/c1-18-3-6-15-5(17-14)2-7(16-6)19-4-9(12,13)8(10)11/h2,8H,3-4,14H2,1H3,(H,15,16,17). The summed E-state index contributed by atoms with van der Waals surface area (Å²) in [4.78, 5) is 7.53. The average Bonchev–Trinajstić information content (AvgIpc) is 2.36. The van der Waals surface area contributed by atoms with Crippen LogP contribution in [0.5, 0.6) is 5.88 Å². The van der Waals surface area contributed by atoms with E-state index in [1.54, 1.807) is 0 Å². The number of alkyl halides is 4. The monoisotopic (exact) mass is 284 g/mol. The summed E-state index contributed by atoms with van der Waals surface area (Å²) < 4.78 is 58.5. The number of nitrogens with zero attached hydrogens (tertiary/aromatic N) is 2. The van der Waals surface area contributed by atoms with Crippen molar-refractivity contribution >= 4 is 5.82 Å². The predicted molar refractivity (Wildman–Crippen MR) is 57.0 cm³/mol. The second-order valence-electron chi connectivity index (χ2n) is 3.44. The van der Waals surface area contributed by atoms with Crippen LogP contribution >= 0.6 is 0 Å². The maximum Gasteiger partial charge on any atom is 0.340 e. The summed E-state index contributed by atoms with van der Waals surface area (Å²) in [5.74, 6) is 0.724. The fraction of sp³-hybridized carbons (Fsp3) is 0.556. The van der Waals surface area contributed by atoms with Gasteiger partial charge in [-0.3, -0.25) is 0 Å². The Hall–Kier alpha value is -1.68. The number of halogens is 4. The summed E-state index contributed by atoms with van der Waals surface area (Å²) in [7, 11) is 1.37. The molecule has 0 spiro atoms. The Morgan fingerprint density at radius 1 is 1.42 bits per heavy atom. The molecular weight excluding hydrogens is 272 g/mol. The smallest absolute Gasteiger partial charge is 0.340 e. The minimum absolute atomic E-state index is 0.0167. The van der Waals surface area contributed by atoms with E-state index in [1.807, 2.05) is 0 Å². The molecular formula is C9H12F4N4O2. The Morgan fingerprint density at radius 2 is 2.11 bits per heavy atom. The first kappa shape index (κ1) is 15.4. The largest absolute Gasteiger partial charge is 0.471 e. The summed E-state index contributed by atoms with van der Waals surface area (Å²) >= 11 is 0. The summed E-state index contributed by atoms with van der Waals surface area (Å²) in [5.41, 5.74) is 2.16. The molecule has 0 unspecified atom stereocenters. The van der Waals surface area contributed by atoms with Crippen molar-refractivity contribution in [2.45, 2.75) is 19.0 Å². The van der Waals surface area contributed by atoms with E-state index in [0.717, 1.165) is 6.07 Å². The molecule has 10 heteroatoms. The molecule has 108 valence electrons. The van der Waals surface area contributed by atoms with Crippen LogP contribution in [0.1, 0.15) is 5.82 Å². The Morgan fingerprint density at radius 3 is 2.63 bits per heavy atom. The van der Waals surface area contributed by atoms with E-state index in [2.05, 4.69) is 20.1 Å². The summed E-state index contributed by atoms with van der Waals surface area (Å²) in [6, 6.07) is 1.10. The average molecular weight is 284 g/mol. The lowest BCUT2D eigenvalue weighted by molar-refractivity contribution is -0.148. The van der Waals surface area contributed by atoms with Crippen LogP contribution in [0, 0.1) is 0 Å². The fourth-order valence-electron chi connectivity index (χ4n) is 1.05. The third kappa shape index (κ3) is 4.48. The zero-order valence-electron chi connectivity index (χ0n) is 9.87. The number of anilines is 1. The predicted octanol–water partition coefficient (Wildman–Crippen LogP) is 1.19. The topological polar surface area (TPSA) is 82.3 Å². The van der Waals surface area contributed by atoms with Gasteiger partial charge in [-0.05, 0) is 0 Å². The molecule has 0 bridgehead atoms. The van der Waals surface area contributed by atoms with Gasteiger partial charge in [0.2, 0.25) is 5.88 Å². The van der Waals surface area contributed by atoms with Gasteiger partial charge in [0.15, 0.2) is 12.4 Å². The minimum Gasteiger partial charge on any atom is -0.471 e. The maximum atomic E-state index is 12.7. The number of nitrogens with one attached hydrogen (secondary N) is 1. The number of ether oxygens (including phenoxy) is 2. The Kier molecular flexibility index (Phi) is 5.24. The van der Waals surface area contributed by atoms with Crippen LogP contribution in [0.4, 0.5) is 23.4 Å². The van der Waals surface area contributed by atoms with Crippen LogP contribution in [-0.4, -0.2) is 36.0 Å². The summed E-state index contributed by atoms with van der Waals surface area (Å²) in [6.07, 6.45) is -3.82. The van der Waals surface area contributed by atoms with E-state index in [0.29, 0.717) is 0 Å². The van der Waals surface area contributed by atoms with Gasteiger partial charge in [0.25, 0.3) is 0 Å². The normalized spacial score (nSPS) is 11.7. The number of hydrogen-bond donors (Lipinski definition) is 2. The second-order valence-corrected chi connectivity index (χ2v) is 3.44. The number of hydrogen-bond acceptors (Lipinski definition) is 6. The van der Waals surface area contributed by atoms with Crippen molar-refractivity contribution in [1.82, 2.24) is 9.97 Å². The van der Waals surface area contributed by atoms with Crippen molar-refractivity contribution < 1.29 is 27.0 Å². The van der Waals surface area contributed by atoms with Gasteiger partial charge in [-0.1, -0.05) is 0 Å². The third-order valence-corrected chi connectivity index (χ3v) is 1.90. The molecule has 3 N–H and O–H groups in total. The molecule has 0 saturated heterocycles. The van der Waals surface area contributed by atoms with Crippen LogP contribution in [-0.2, 0) is 11.3 Å². The van der Waals surface area contributed by atoms with Crippen LogP contribution in [0.3, 0.4) is 0 Å².